The minimum absolute atomic E-state index is 0.0467. The topological polar surface area (TPSA) is 70.1 Å². The maximum atomic E-state index is 13.3. The normalized spacial score (nSPS) is 16.5. The van der Waals surface area contributed by atoms with Gasteiger partial charge in [-0.25, -0.2) is 0 Å². The van der Waals surface area contributed by atoms with E-state index in [0.29, 0.717) is 11.4 Å². The van der Waals surface area contributed by atoms with Gasteiger partial charge in [-0.2, -0.15) is 0 Å². The minimum atomic E-state index is -0.623. The Bertz CT molecular complexity index is 947. The summed E-state index contributed by atoms with van der Waals surface area (Å²) in [5, 5.41) is 12.6. The summed E-state index contributed by atoms with van der Waals surface area (Å²) in [6, 6.07) is 10.3. The lowest BCUT2D eigenvalue weighted by Crippen LogP contribution is -2.34. The van der Waals surface area contributed by atoms with E-state index in [1.165, 1.54) is 11.3 Å². The number of benzene rings is 1. The second-order valence-electron chi connectivity index (χ2n) is 8.09. The van der Waals surface area contributed by atoms with Crippen LogP contribution in [-0.4, -0.2) is 58.9 Å². The lowest BCUT2D eigenvalue weighted by atomic mass is 9.95. The monoisotopic (exact) mass is 456 g/mol. The highest BCUT2D eigenvalue weighted by atomic mass is 32.1. The van der Waals surface area contributed by atoms with E-state index in [0.717, 1.165) is 37.4 Å². The Morgan fingerprint density at radius 1 is 1.19 bits per heavy atom. The quantitative estimate of drug-likeness (QED) is 0.490. The smallest absolute Gasteiger partial charge is 0.290 e. The van der Waals surface area contributed by atoms with Crippen molar-refractivity contribution in [2.24, 2.45) is 0 Å². The van der Waals surface area contributed by atoms with E-state index in [2.05, 4.69) is 18.7 Å². The fourth-order valence-corrected chi connectivity index (χ4v) is 4.69. The third kappa shape index (κ3) is 5.22. The number of carbonyl (C=O) groups excluding carboxylic acids is 2. The van der Waals surface area contributed by atoms with Crippen molar-refractivity contribution in [3.05, 3.63) is 63.6 Å². The van der Waals surface area contributed by atoms with Crippen LogP contribution in [0.15, 0.2) is 53.1 Å². The fourth-order valence-electron chi connectivity index (χ4n) is 4.01. The lowest BCUT2D eigenvalue weighted by molar-refractivity contribution is -0.129. The molecular weight excluding hydrogens is 424 g/mol. The third-order valence-corrected chi connectivity index (χ3v) is 6.50. The van der Waals surface area contributed by atoms with Crippen LogP contribution in [0, 0.1) is 0 Å². The highest BCUT2D eigenvalue weighted by Crippen LogP contribution is 2.40. The van der Waals surface area contributed by atoms with Gasteiger partial charge in [0.2, 0.25) is 5.78 Å². The summed E-state index contributed by atoms with van der Waals surface area (Å²) in [5.74, 6) is -0.513. The van der Waals surface area contributed by atoms with Gasteiger partial charge in [-0.15, -0.1) is 11.3 Å². The Balaban J connectivity index is 1.92. The van der Waals surface area contributed by atoms with Crippen molar-refractivity contribution in [1.82, 2.24) is 9.80 Å². The number of hydrogen-bond donors (Lipinski definition) is 1. The predicted molar refractivity (Wildman–Crippen MR) is 127 cm³/mol. The zero-order chi connectivity index (χ0) is 23.3. The summed E-state index contributed by atoms with van der Waals surface area (Å²) in [5.41, 5.74) is 0.930. The third-order valence-electron chi connectivity index (χ3n) is 5.63. The van der Waals surface area contributed by atoms with Crippen molar-refractivity contribution < 1.29 is 19.4 Å². The van der Waals surface area contributed by atoms with Crippen LogP contribution < -0.4 is 4.74 Å². The van der Waals surface area contributed by atoms with Gasteiger partial charge >= 0.3 is 0 Å². The second kappa shape index (κ2) is 10.8. The number of hydrogen-bond acceptors (Lipinski definition) is 6. The molecule has 1 atom stereocenters. The summed E-state index contributed by atoms with van der Waals surface area (Å²) in [4.78, 5) is 30.7. The zero-order valence-corrected chi connectivity index (χ0v) is 20.0. The molecule has 0 fully saturated rings. The molecule has 0 saturated carbocycles. The molecule has 2 heterocycles. The molecule has 3 rings (SSSR count). The van der Waals surface area contributed by atoms with E-state index in [-0.39, 0.29) is 17.5 Å². The first-order valence-electron chi connectivity index (χ1n) is 11.2. The molecule has 7 heteroatoms. The number of ether oxygens (including phenoxy) is 1. The van der Waals surface area contributed by atoms with Crippen LogP contribution in [0.5, 0.6) is 5.75 Å². The molecule has 0 aliphatic carbocycles. The molecule has 172 valence electrons. The van der Waals surface area contributed by atoms with Gasteiger partial charge in [0.05, 0.1) is 22.6 Å². The van der Waals surface area contributed by atoms with Crippen molar-refractivity contribution in [3.63, 3.8) is 0 Å². The van der Waals surface area contributed by atoms with Gasteiger partial charge in [-0.3, -0.25) is 9.59 Å². The molecule has 1 aliphatic rings. The highest BCUT2D eigenvalue weighted by Gasteiger charge is 2.43. The number of aliphatic hydroxyl groups excluding tert-OH is 1. The number of ketones is 1. The molecule has 1 N–H and O–H groups in total. The Kier molecular flexibility index (Phi) is 8.10. The van der Waals surface area contributed by atoms with Crippen LogP contribution in [-0.2, 0) is 4.79 Å². The number of carbonyl (C=O) groups is 2. The summed E-state index contributed by atoms with van der Waals surface area (Å²) in [6.07, 6.45) is 0.803. The van der Waals surface area contributed by atoms with Gasteiger partial charge in [0.15, 0.2) is 5.76 Å². The van der Waals surface area contributed by atoms with Crippen LogP contribution in [0.1, 0.15) is 55.4 Å². The number of nitrogens with zero attached hydrogens (tertiary/aromatic N) is 2. The van der Waals surface area contributed by atoms with Crippen LogP contribution >= 0.6 is 11.3 Å². The van der Waals surface area contributed by atoms with E-state index in [1.807, 2.05) is 43.5 Å². The van der Waals surface area contributed by atoms with Crippen LogP contribution in [0.4, 0.5) is 0 Å². The van der Waals surface area contributed by atoms with Crippen molar-refractivity contribution in [3.8, 4) is 5.75 Å². The molecule has 6 nitrogen and oxygen atoms in total. The maximum Gasteiger partial charge on any atom is 0.290 e. The lowest BCUT2D eigenvalue weighted by Gasteiger charge is -2.28. The van der Waals surface area contributed by atoms with Crippen molar-refractivity contribution in [2.45, 2.75) is 46.3 Å². The minimum Gasteiger partial charge on any atom is -0.503 e. The molecule has 0 spiro atoms. The van der Waals surface area contributed by atoms with Gasteiger partial charge in [-0.1, -0.05) is 32.0 Å². The largest absolute Gasteiger partial charge is 0.503 e. The van der Waals surface area contributed by atoms with Crippen LogP contribution in [0.2, 0.25) is 0 Å². The summed E-state index contributed by atoms with van der Waals surface area (Å²) in [7, 11) is 0. The summed E-state index contributed by atoms with van der Waals surface area (Å²) < 4.78 is 5.74. The molecule has 0 unspecified atom stereocenters. The van der Waals surface area contributed by atoms with E-state index >= 15 is 0 Å². The number of aliphatic hydroxyl groups is 1. The van der Waals surface area contributed by atoms with Gasteiger partial charge in [0, 0.05) is 6.54 Å². The van der Waals surface area contributed by atoms with Gasteiger partial charge in [0.25, 0.3) is 5.91 Å². The molecule has 32 heavy (non-hydrogen) atoms. The highest BCUT2D eigenvalue weighted by molar-refractivity contribution is 7.12. The number of rotatable bonds is 11. The average molecular weight is 457 g/mol. The Labute approximate surface area is 194 Å². The standard InChI is InChI=1S/C25H32N2O4S/c1-5-26(6-2)14-8-15-27-22(18-10-12-19(13-11-18)31-17(3)4)21(24(29)25(27)30)23(28)20-9-7-16-32-20/h7,9-13,16-17,22,29H,5-6,8,14-15H2,1-4H3/t22-/m1/s1. The van der Waals surface area contributed by atoms with E-state index in [4.69, 9.17) is 4.74 Å². The first kappa shape index (κ1) is 24.0. The van der Waals surface area contributed by atoms with Crippen molar-refractivity contribution >= 4 is 23.0 Å². The summed E-state index contributed by atoms with van der Waals surface area (Å²) >= 11 is 1.31. The van der Waals surface area contributed by atoms with E-state index < -0.39 is 17.7 Å². The molecule has 0 bridgehead atoms. The Hall–Kier alpha value is -2.64. The Morgan fingerprint density at radius 3 is 2.44 bits per heavy atom. The number of amides is 1. The molecule has 2 aromatic rings. The Morgan fingerprint density at radius 2 is 1.88 bits per heavy atom. The van der Waals surface area contributed by atoms with Gasteiger partial charge < -0.3 is 19.6 Å². The SMILES string of the molecule is CCN(CC)CCCN1C(=O)C(O)=C(C(=O)c2cccs2)[C@H]1c1ccc(OC(C)C)cc1. The molecule has 1 aliphatic heterocycles. The van der Waals surface area contributed by atoms with E-state index in [1.54, 1.807) is 17.0 Å². The number of Topliss-reactive ketones (excluding diaryl/α,β-unsaturated/α-hetero) is 1. The van der Waals surface area contributed by atoms with E-state index in [9.17, 15) is 14.7 Å². The zero-order valence-electron chi connectivity index (χ0n) is 19.2. The van der Waals surface area contributed by atoms with Crippen LogP contribution in [0.25, 0.3) is 0 Å². The summed E-state index contributed by atoms with van der Waals surface area (Å²) in [6.45, 7) is 11.3. The molecule has 0 radical (unpaired) electrons. The molecular formula is C25H32N2O4S. The fraction of sp³-hybridized carbons (Fsp3) is 0.440. The first-order chi connectivity index (χ1) is 15.4. The second-order valence-corrected chi connectivity index (χ2v) is 9.03. The molecule has 1 aromatic carbocycles. The van der Waals surface area contributed by atoms with Gasteiger partial charge in [0.1, 0.15) is 5.75 Å². The first-order valence-corrected chi connectivity index (χ1v) is 12.1. The predicted octanol–water partition coefficient (Wildman–Crippen LogP) is 4.85. The molecule has 1 aromatic heterocycles. The average Bonchev–Trinajstić information content (AvgIpc) is 3.39. The molecule has 0 saturated heterocycles. The molecule has 1 amide bonds. The number of thiophene rings is 1. The van der Waals surface area contributed by atoms with Crippen molar-refractivity contribution in [2.75, 3.05) is 26.2 Å². The maximum absolute atomic E-state index is 13.3. The van der Waals surface area contributed by atoms with Crippen LogP contribution in [0.3, 0.4) is 0 Å². The van der Waals surface area contributed by atoms with Gasteiger partial charge in [-0.05, 0) is 69.0 Å². The van der Waals surface area contributed by atoms with Crippen molar-refractivity contribution in [1.29, 1.82) is 0 Å².